The minimum atomic E-state index is -0.302. The summed E-state index contributed by atoms with van der Waals surface area (Å²) in [5, 5.41) is 8.13. The smallest absolute Gasteiger partial charge is 0.267 e. The van der Waals surface area contributed by atoms with Crippen LogP contribution in [-0.2, 0) is 11.3 Å². The molecule has 0 radical (unpaired) electrons. The van der Waals surface area contributed by atoms with Crippen molar-refractivity contribution in [2.75, 3.05) is 13.1 Å². The predicted molar refractivity (Wildman–Crippen MR) is 73.8 cm³/mol. The molecule has 110 valence electrons. The zero-order chi connectivity index (χ0) is 14.7. The van der Waals surface area contributed by atoms with Crippen LogP contribution in [0.1, 0.15) is 19.3 Å². The first-order chi connectivity index (χ1) is 10.2. The second-order valence-corrected chi connectivity index (χ2v) is 4.97. The summed E-state index contributed by atoms with van der Waals surface area (Å²) in [6.45, 7) is 1.48. The molecule has 8 nitrogen and oxygen atoms in total. The quantitative estimate of drug-likeness (QED) is 0.783. The third-order valence-corrected chi connectivity index (χ3v) is 3.50. The summed E-state index contributed by atoms with van der Waals surface area (Å²) >= 11 is 0. The summed E-state index contributed by atoms with van der Waals surface area (Å²) in [7, 11) is 0. The van der Waals surface area contributed by atoms with E-state index in [9.17, 15) is 9.59 Å². The van der Waals surface area contributed by atoms with Gasteiger partial charge in [0.2, 0.25) is 5.91 Å². The highest BCUT2D eigenvalue weighted by molar-refractivity contribution is 5.75. The number of amides is 1. The summed E-state index contributed by atoms with van der Waals surface area (Å²) in [5.41, 5.74) is -0.302. The number of nitrogens with zero attached hydrogens (tertiary/aromatic N) is 6. The predicted octanol–water partition coefficient (Wildman–Crippen LogP) is -0.164. The number of carbonyl (C=O) groups excluding carboxylic acids is 1. The van der Waals surface area contributed by atoms with Gasteiger partial charge in [-0.3, -0.25) is 9.59 Å². The normalized spacial score (nSPS) is 15.1. The average molecular weight is 288 g/mol. The molecule has 0 spiro atoms. The summed E-state index contributed by atoms with van der Waals surface area (Å²) in [4.78, 5) is 29.7. The van der Waals surface area contributed by atoms with Crippen LogP contribution >= 0.6 is 0 Å². The monoisotopic (exact) mass is 288 g/mol. The van der Waals surface area contributed by atoms with Crippen molar-refractivity contribution in [1.82, 2.24) is 29.4 Å². The molecule has 1 amide bonds. The van der Waals surface area contributed by atoms with E-state index in [2.05, 4.69) is 15.2 Å². The molecule has 21 heavy (non-hydrogen) atoms. The summed E-state index contributed by atoms with van der Waals surface area (Å²) < 4.78 is 2.62. The lowest BCUT2D eigenvalue weighted by molar-refractivity contribution is -0.133. The van der Waals surface area contributed by atoms with Gasteiger partial charge in [0.1, 0.15) is 19.2 Å². The highest BCUT2D eigenvalue weighted by Crippen LogP contribution is 2.09. The topological polar surface area (TPSA) is 85.9 Å². The molecule has 1 aliphatic rings. The van der Waals surface area contributed by atoms with E-state index >= 15 is 0 Å². The maximum atomic E-state index is 12.2. The minimum absolute atomic E-state index is 0.0403. The molecular weight excluding hydrogens is 272 g/mol. The van der Waals surface area contributed by atoms with Crippen LogP contribution in [0.25, 0.3) is 5.82 Å². The average Bonchev–Trinajstić information content (AvgIpc) is 3.04. The highest BCUT2D eigenvalue weighted by Gasteiger charge is 2.17. The van der Waals surface area contributed by atoms with Crippen molar-refractivity contribution in [3.8, 4) is 5.82 Å². The Bertz CT molecular complexity index is 672. The van der Waals surface area contributed by atoms with Crippen LogP contribution in [0.4, 0.5) is 0 Å². The maximum absolute atomic E-state index is 12.2. The van der Waals surface area contributed by atoms with Gasteiger partial charge in [-0.1, -0.05) is 0 Å². The largest absolute Gasteiger partial charge is 0.341 e. The molecule has 1 aliphatic heterocycles. The Morgan fingerprint density at radius 2 is 2.00 bits per heavy atom. The number of hydrogen-bond acceptors (Lipinski definition) is 5. The number of piperidine rings is 1. The second kappa shape index (κ2) is 5.86. The fraction of sp³-hybridized carbons (Fsp3) is 0.462. The molecule has 0 unspecified atom stereocenters. The molecule has 0 aliphatic carbocycles. The molecular formula is C13H16N6O2. The fourth-order valence-electron chi connectivity index (χ4n) is 2.37. The van der Waals surface area contributed by atoms with Crippen LogP contribution < -0.4 is 5.56 Å². The minimum Gasteiger partial charge on any atom is -0.341 e. The molecule has 0 atom stereocenters. The molecule has 3 rings (SSSR count). The van der Waals surface area contributed by atoms with Gasteiger partial charge in [0.05, 0.1) is 0 Å². The molecule has 2 aromatic heterocycles. The van der Waals surface area contributed by atoms with Crippen molar-refractivity contribution in [2.24, 2.45) is 0 Å². The molecule has 0 aromatic carbocycles. The molecule has 1 fully saturated rings. The molecule has 1 saturated heterocycles. The third kappa shape index (κ3) is 2.99. The molecule has 3 heterocycles. The Balaban J connectivity index is 1.79. The van der Waals surface area contributed by atoms with Crippen LogP contribution in [0.2, 0.25) is 0 Å². The van der Waals surface area contributed by atoms with Crippen molar-refractivity contribution in [3.63, 3.8) is 0 Å². The van der Waals surface area contributed by atoms with Crippen molar-refractivity contribution >= 4 is 5.91 Å². The van der Waals surface area contributed by atoms with Gasteiger partial charge in [0, 0.05) is 19.2 Å². The number of rotatable bonds is 3. The number of hydrogen-bond donors (Lipinski definition) is 0. The second-order valence-electron chi connectivity index (χ2n) is 4.97. The lowest BCUT2D eigenvalue weighted by Crippen LogP contribution is -2.40. The van der Waals surface area contributed by atoms with E-state index in [4.69, 9.17) is 0 Å². The highest BCUT2D eigenvalue weighted by atomic mass is 16.2. The van der Waals surface area contributed by atoms with Crippen molar-refractivity contribution in [3.05, 3.63) is 35.1 Å². The van der Waals surface area contributed by atoms with E-state index in [1.165, 1.54) is 28.1 Å². The maximum Gasteiger partial charge on any atom is 0.267 e. The Labute approximate surface area is 121 Å². The van der Waals surface area contributed by atoms with Crippen LogP contribution in [0.15, 0.2) is 29.6 Å². The lowest BCUT2D eigenvalue weighted by Gasteiger charge is -2.26. The summed E-state index contributed by atoms with van der Waals surface area (Å²) in [5.74, 6) is 0.388. The Morgan fingerprint density at radius 1 is 1.19 bits per heavy atom. The molecule has 0 saturated carbocycles. The molecule has 0 bridgehead atoms. The van der Waals surface area contributed by atoms with Gasteiger partial charge in [-0.05, 0) is 25.3 Å². The SMILES string of the molecule is O=C(Cn1nc(-n2cncn2)ccc1=O)N1CCCCC1. The van der Waals surface area contributed by atoms with Gasteiger partial charge >= 0.3 is 0 Å². The summed E-state index contributed by atoms with van der Waals surface area (Å²) in [6.07, 6.45) is 6.07. The van der Waals surface area contributed by atoms with Crippen LogP contribution in [0.3, 0.4) is 0 Å². The summed E-state index contributed by atoms with van der Waals surface area (Å²) in [6, 6.07) is 2.94. The Hall–Kier alpha value is -2.51. The van der Waals surface area contributed by atoms with Gasteiger partial charge < -0.3 is 4.90 Å². The molecule has 8 heteroatoms. The lowest BCUT2D eigenvalue weighted by atomic mass is 10.1. The zero-order valence-corrected chi connectivity index (χ0v) is 11.6. The molecule has 2 aromatic rings. The van der Waals surface area contributed by atoms with E-state index in [1.54, 1.807) is 11.0 Å². The van der Waals surface area contributed by atoms with Gasteiger partial charge in [-0.25, -0.2) is 14.3 Å². The van der Waals surface area contributed by atoms with Gasteiger partial charge in [-0.15, -0.1) is 5.10 Å². The number of carbonyl (C=O) groups is 1. The van der Waals surface area contributed by atoms with Crippen molar-refractivity contribution in [2.45, 2.75) is 25.8 Å². The first kappa shape index (κ1) is 13.5. The van der Waals surface area contributed by atoms with E-state index in [0.29, 0.717) is 5.82 Å². The van der Waals surface area contributed by atoms with Crippen molar-refractivity contribution < 1.29 is 4.79 Å². The van der Waals surface area contributed by atoms with E-state index in [-0.39, 0.29) is 18.0 Å². The first-order valence-corrected chi connectivity index (χ1v) is 6.95. The van der Waals surface area contributed by atoms with Gasteiger partial charge in [0.15, 0.2) is 5.82 Å². The number of aromatic nitrogens is 5. The van der Waals surface area contributed by atoms with Crippen LogP contribution in [0.5, 0.6) is 0 Å². The van der Waals surface area contributed by atoms with E-state index in [1.807, 2.05) is 0 Å². The van der Waals surface area contributed by atoms with Gasteiger partial charge in [-0.2, -0.15) is 5.10 Å². The first-order valence-electron chi connectivity index (χ1n) is 6.95. The van der Waals surface area contributed by atoms with Crippen molar-refractivity contribution in [1.29, 1.82) is 0 Å². The number of likely N-dealkylation sites (tertiary alicyclic amines) is 1. The third-order valence-electron chi connectivity index (χ3n) is 3.50. The van der Waals surface area contributed by atoms with Crippen LogP contribution in [-0.4, -0.2) is 48.4 Å². The standard InChI is InChI=1S/C13H16N6O2/c20-12-5-4-11(19-10-14-9-15-19)16-18(12)8-13(21)17-6-2-1-3-7-17/h4-5,9-10H,1-3,6-8H2. The fourth-order valence-corrected chi connectivity index (χ4v) is 2.37. The van der Waals surface area contributed by atoms with Crippen LogP contribution in [0, 0.1) is 0 Å². The van der Waals surface area contributed by atoms with E-state index in [0.717, 1.165) is 32.4 Å². The Kier molecular flexibility index (Phi) is 3.76. The Morgan fingerprint density at radius 3 is 2.71 bits per heavy atom. The molecule has 0 N–H and O–H groups in total. The zero-order valence-electron chi connectivity index (χ0n) is 11.6. The van der Waals surface area contributed by atoms with Gasteiger partial charge in [0.25, 0.3) is 5.56 Å². The van der Waals surface area contributed by atoms with E-state index < -0.39 is 0 Å².